The van der Waals surface area contributed by atoms with Crippen molar-refractivity contribution in [1.82, 2.24) is 5.32 Å². The van der Waals surface area contributed by atoms with Crippen LogP contribution in [0.15, 0.2) is 18.2 Å². The van der Waals surface area contributed by atoms with E-state index in [2.05, 4.69) is 5.32 Å². The molecule has 1 aromatic rings. The van der Waals surface area contributed by atoms with Gasteiger partial charge in [-0.2, -0.15) is 13.2 Å². The van der Waals surface area contributed by atoms with Crippen molar-refractivity contribution in [2.24, 2.45) is 0 Å². The molecule has 0 fully saturated rings. The second-order valence-corrected chi connectivity index (χ2v) is 5.34. The number of halogens is 4. The predicted molar refractivity (Wildman–Crippen MR) is 65.9 cm³/mol. The fourth-order valence-corrected chi connectivity index (χ4v) is 2.71. The summed E-state index contributed by atoms with van der Waals surface area (Å²) < 4.78 is 36.7. The first kappa shape index (κ1) is 13.7. The lowest BCUT2D eigenvalue weighted by Crippen LogP contribution is -2.39. The van der Waals surface area contributed by atoms with E-state index in [9.17, 15) is 13.2 Å². The molecule has 100 valence electrons. The van der Waals surface area contributed by atoms with Crippen LogP contribution in [-0.4, -0.2) is 18.3 Å². The minimum atomic E-state index is -4.11. The van der Waals surface area contributed by atoms with Gasteiger partial charge in [0.2, 0.25) is 0 Å². The maximum atomic E-state index is 12.2. The van der Waals surface area contributed by atoms with Crippen LogP contribution >= 0.6 is 11.6 Å². The summed E-state index contributed by atoms with van der Waals surface area (Å²) in [5, 5.41) is 3.72. The molecule has 0 heterocycles. The van der Waals surface area contributed by atoms with Gasteiger partial charge in [0.05, 0.1) is 6.42 Å². The van der Waals surface area contributed by atoms with E-state index in [4.69, 9.17) is 11.6 Å². The molecule has 2 rings (SSSR count). The molecule has 1 aliphatic rings. The standard InChI is InChI=1S/C13H15ClF3N/c1-8(7-13(15,16)17)18-12-5-9-2-3-11(14)4-10(9)6-12/h2-4,8,12,18H,5-7H2,1H3. The van der Waals surface area contributed by atoms with E-state index in [1.165, 1.54) is 5.56 Å². The van der Waals surface area contributed by atoms with Crippen molar-refractivity contribution in [3.05, 3.63) is 34.3 Å². The highest BCUT2D eigenvalue weighted by Crippen LogP contribution is 2.27. The normalized spacial score (nSPS) is 20.8. The van der Waals surface area contributed by atoms with Crippen molar-refractivity contribution in [3.63, 3.8) is 0 Å². The molecule has 5 heteroatoms. The summed E-state index contributed by atoms with van der Waals surface area (Å²) >= 11 is 5.89. The van der Waals surface area contributed by atoms with E-state index < -0.39 is 18.6 Å². The van der Waals surface area contributed by atoms with E-state index in [1.54, 1.807) is 6.92 Å². The SMILES string of the molecule is CC(CC(F)(F)F)NC1Cc2ccc(Cl)cc2C1. The number of rotatable bonds is 3. The van der Waals surface area contributed by atoms with Gasteiger partial charge in [0.1, 0.15) is 0 Å². The maximum Gasteiger partial charge on any atom is 0.390 e. The molecule has 1 N–H and O–H groups in total. The highest BCUT2D eigenvalue weighted by molar-refractivity contribution is 6.30. The Morgan fingerprint density at radius 3 is 2.67 bits per heavy atom. The quantitative estimate of drug-likeness (QED) is 0.887. The molecule has 0 aliphatic heterocycles. The molecule has 0 spiro atoms. The minimum absolute atomic E-state index is 0.0795. The van der Waals surface area contributed by atoms with E-state index in [1.807, 2.05) is 18.2 Å². The first-order valence-electron chi connectivity index (χ1n) is 5.93. The molecular weight excluding hydrogens is 263 g/mol. The summed E-state index contributed by atoms with van der Waals surface area (Å²) in [6, 6.07) is 5.19. The zero-order chi connectivity index (χ0) is 13.3. The minimum Gasteiger partial charge on any atom is -0.311 e. The summed E-state index contributed by atoms with van der Waals surface area (Å²) in [5.74, 6) is 0. The molecule has 0 aromatic heterocycles. The van der Waals surface area contributed by atoms with Gasteiger partial charge in [0.15, 0.2) is 0 Å². The van der Waals surface area contributed by atoms with E-state index in [-0.39, 0.29) is 6.04 Å². The van der Waals surface area contributed by atoms with Gasteiger partial charge in [-0.3, -0.25) is 0 Å². The van der Waals surface area contributed by atoms with Gasteiger partial charge in [-0.15, -0.1) is 0 Å². The first-order chi connectivity index (χ1) is 8.33. The Bertz CT molecular complexity index is 431. The summed E-state index contributed by atoms with van der Waals surface area (Å²) in [6.45, 7) is 1.57. The van der Waals surface area contributed by atoms with E-state index in [0.29, 0.717) is 5.02 Å². The third-order valence-corrected chi connectivity index (χ3v) is 3.39. The number of hydrogen-bond donors (Lipinski definition) is 1. The Morgan fingerprint density at radius 2 is 2.00 bits per heavy atom. The molecule has 2 unspecified atom stereocenters. The van der Waals surface area contributed by atoms with Crippen molar-refractivity contribution in [2.45, 2.75) is 44.4 Å². The molecule has 0 radical (unpaired) electrons. The van der Waals surface area contributed by atoms with Crippen molar-refractivity contribution in [3.8, 4) is 0 Å². The lowest BCUT2D eigenvalue weighted by atomic mass is 10.1. The number of fused-ring (bicyclic) bond motifs is 1. The summed E-state index contributed by atoms with van der Waals surface area (Å²) in [4.78, 5) is 0. The summed E-state index contributed by atoms with van der Waals surface area (Å²) in [6.07, 6.45) is -3.38. The highest BCUT2D eigenvalue weighted by Gasteiger charge is 2.31. The second-order valence-electron chi connectivity index (χ2n) is 4.91. The molecule has 1 aliphatic carbocycles. The van der Waals surface area contributed by atoms with Gasteiger partial charge in [-0.1, -0.05) is 17.7 Å². The lowest BCUT2D eigenvalue weighted by Gasteiger charge is -2.20. The predicted octanol–water partition coefficient (Wildman–Crippen LogP) is 3.74. The van der Waals surface area contributed by atoms with Crippen molar-refractivity contribution in [1.29, 1.82) is 0 Å². The number of nitrogens with one attached hydrogen (secondary N) is 1. The van der Waals surface area contributed by atoms with Gasteiger partial charge in [-0.05, 0) is 43.0 Å². The van der Waals surface area contributed by atoms with Gasteiger partial charge < -0.3 is 5.32 Å². The van der Waals surface area contributed by atoms with E-state index >= 15 is 0 Å². The van der Waals surface area contributed by atoms with Crippen molar-refractivity contribution < 1.29 is 13.2 Å². The molecule has 0 amide bonds. The Balaban J connectivity index is 1.91. The van der Waals surface area contributed by atoms with Crippen LogP contribution in [0, 0.1) is 0 Å². The van der Waals surface area contributed by atoms with Crippen LogP contribution in [0.3, 0.4) is 0 Å². The Morgan fingerprint density at radius 1 is 1.33 bits per heavy atom. The van der Waals surface area contributed by atoms with Gasteiger partial charge in [0.25, 0.3) is 0 Å². The van der Waals surface area contributed by atoms with E-state index in [0.717, 1.165) is 18.4 Å². The Hall–Kier alpha value is -0.740. The Labute approximate surface area is 109 Å². The van der Waals surface area contributed by atoms with Crippen LogP contribution in [0.1, 0.15) is 24.5 Å². The molecule has 2 atom stereocenters. The first-order valence-corrected chi connectivity index (χ1v) is 6.31. The number of hydrogen-bond acceptors (Lipinski definition) is 1. The third-order valence-electron chi connectivity index (χ3n) is 3.16. The average Bonchev–Trinajstić information content (AvgIpc) is 2.55. The van der Waals surface area contributed by atoms with Gasteiger partial charge in [0, 0.05) is 17.1 Å². The second kappa shape index (κ2) is 5.10. The fourth-order valence-electron chi connectivity index (χ4n) is 2.51. The maximum absolute atomic E-state index is 12.2. The largest absolute Gasteiger partial charge is 0.390 e. The zero-order valence-electron chi connectivity index (χ0n) is 10.0. The van der Waals surface area contributed by atoms with Crippen LogP contribution in [0.25, 0.3) is 0 Å². The lowest BCUT2D eigenvalue weighted by molar-refractivity contribution is -0.139. The summed E-state index contributed by atoms with van der Waals surface area (Å²) in [7, 11) is 0. The highest BCUT2D eigenvalue weighted by atomic mass is 35.5. The van der Waals surface area contributed by atoms with Crippen LogP contribution < -0.4 is 5.32 Å². The molecule has 0 saturated carbocycles. The Kier molecular flexibility index (Phi) is 3.87. The topological polar surface area (TPSA) is 12.0 Å². The molecule has 1 aromatic carbocycles. The summed E-state index contributed by atoms with van der Waals surface area (Å²) in [5.41, 5.74) is 2.32. The number of benzene rings is 1. The monoisotopic (exact) mass is 277 g/mol. The van der Waals surface area contributed by atoms with Gasteiger partial charge in [-0.25, -0.2) is 0 Å². The van der Waals surface area contributed by atoms with Crippen LogP contribution in [-0.2, 0) is 12.8 Å². The van der Waals surface area contributed by atoms with Crippen molar-refractivity contribution in [2.75, 3.05) is 0 Å². The van der Waals surface area contributed by atoms with Crippen LogP contribution in [0.5, 0.6) is 0 Å². The smallest absolute Gasteiger partial charge is 0.311 e. The zero-order valence-corrected chi connectivity index (χ0v) is 10.8. The van der Waals surface area contributed by atoms with Crippen molar-refractivity contribution >= 4 is 11.6 Å². The van der Waals surface area contributed by atoms with Crippen LogP contribution in [0.4, 0.5) is 13.2 Å². The molecule has 1 nitrogen and oxygen atoms in total. The number of alkyl halides is 3. The van der Waals surface area contributed by atoms with Gasteiger partial charge >= 0.3 is 6.18 Å². The van der Waals surface area contributed by atoms with Crippen LogP contribution in [0.2, 0.25) is 5.02 Å². The molecule has 18 heavy (non-hydrogen) atoms. The fraction of sp³-hybridized carbons (Fsp3) is 0.538. The molecule has 0 bridgehead atoms. The molecular formula is C13H15ClF3N. The molecule has 0 saturated heterocycles. The third kappa shape index (κ3) is 3.62. The average molecular weight is 278 g/mol.